The summed E-state index contributed by atoms with van der Waals surface area (Å²) < 4.78 is 19.1. The average Bonchev–Trinajstić information content (AvgIpc) is 3.32. The molecule has 9 heteroatoms. The quantitative estimate of drug-likeness (QED) is 0.184. The van der Waals surface area contributed by atoms with E-state index in [0.717, 1.165) is 10.5 Å². The van der Waals surface area contributed by atoms with E-state index >= 15 is 0 Å². The largest absolute Gasteiger partial charge is 0.462 e. The van der Waals surface area contributed by atoms with Gasteiger partial charge >= 0.3 is 5.97 Å². The lowest BCUT2D eigenvalue weighted by Crippen LogP contribution is -2.16. The van der Waals surface area contributed by atoms with Crippen LogP contribution in [0.25, 0.3) is 11.1 Å². The minimum atomic E-state index is -0.603. The normalized spacial score (nSPS) is 10.5. The molecule has 0 bridgehead atoms. The van der Waals surface area contributed by atoms with Crippen LogP contribution in [0.5, 0.6) is 0 Å². The summed E-state index contributed by atoms with van der Waals surface area (Å²) >= 11 is 2.53. The monoisotopic (exact) mass is 534 g/mol. The maximum Gasteiger partial charge on any atom is 0.341 e. The second-order valence-corrected chi connectivity index (χ2v) is 9.67. The first kappa shape index (κ1) is 26.1. The highest BCUT2D eigenvalue weighted by Gasteiger charge is 2.22. The maximum atomic E-state index is 13.9. The molecule has 188 valence electrons. The summed E-state index contributed by atoms with van der Waals surface area (Å²) in [5, 5.41) is 7.76. The fourth-order valence-corrected chi connectivity index (χ4v) is 5.23. The van der Waals surface area contributed by atoms with Crippen LogP contribution < -0.4 is 10.6 Å². The molecule has 0 saturated carbocycles. The van der Waals surface area contributed by atoms with Gasteiger partial charge in [0.25, 0.3) is 5.91 Å². The summed E-state index contributed by atoms with van der Waals surface area (Å²) in [7, 11) is 0. The number of hydrogen-bond acceptors (Lipinski definition) is 6. The van der Waals surface area contributed by atoms with E-state index in [1.165, 1.54) is 41.3 Å². The van der Waals surface area contributed by atoms with E-state index < -0.39 is 17.7 Å². The van der Waals surface area contributed by atoms with Crippen LogP contribution in [0.4, 0.5) is 15.1 Å². The molecule has 1 aromatic heterocycles. The van der Waals surface area contributed by atoms with Crippen LogP contribution in [-0.2, 0) is 9.53 Å². The van der Waals surface area contributed by atoms with Crippen LogP contribution in [0, 0.1) is 5.82 Å². The second-order valence-electron chi connectivity index (χ2n) is 7.74. The van der Waals surface area contributed by atoms with E-state index in [4.69, 9.17) is 4.74 Å². The van der Waals surface area contributed by atoms with Gasteiger partial charge in [0.2, 0.25) is 5.91 Å². The lowest BCUT2D eigenvalue weighted by atomic mass is 10.0. The molecule has 0 aliphatic heterocycles. The van der Waals surface area contributed by atoms with E-state index in [1.807, 2.05) is 35.7 Å². The Hall–Kier alpha value is -3.95. The minimum Gasteiger partial charge on any atom is -0.462 e. The summed E-state index contributed by atoms with van der Waals surface area (Å²) in [5.74, 6) is -1.88. The van der Waals surface area contributed by atoms with Crippen molar-refractivity contribution in [1.29, 1.82) is 0 Å². The number of esters is 1. The summed E-state index contributed by atoms with van der Waals surface area (Å²) in [4.78, 5) is 38.6. The van der Waals surface area contributed by atoms with Crippen LogP contribution in [0.1, 0.15) is 27.6 Å². The third-order valence-electron chi connectivity index (χ3n) is 5.19. The highest BCUT2D eigenvalue weighted by Crippen LogP contribution is 2.36. The average molecular weight is 535 g/mol. The molecule has 2 N–H and O–H groups in total. The van der Waals surface area contributed by atoms with Crippen molar-refractivity contribution in [2.75, 3.05) is 23.0 Å². The number of ether oxygens (including phenoxy) is 1. The highest BCUT2D eigenvalue weighted by atomic mass is 32.2. The minimum absolute atomic E-state index is 0.0526. The molecular weight excluding hydrogens is 511 g/mol. The Morgan fingerprint density at radius 3 is 2.46 bits per heavy atom. The van der Waals surface area contributed by atoms with Crippen molar-refractivity contribution >= 4 is 51.6 Å². The zero-order chi connectivity index (χ0) is 26.2. The van der Waals surface area contributed by atoms with Gasteiger partial charge in [-0.05, 0) is 42.8 Å². The first-order valence-corrected chi connectivity index (χ1v) is 13.3. The van der Waals surface area contributed by atoms with Crippen molar-refractivity contribution < 1.29 is 23.5 Å². The Morgan fingerprint density at radius 1 is 0.946 bits per heavy atom. The van der Waals surface area contributed by atoms with Crippen molar-refractivity contribution in [3.8, 4) is 11.1 Å². The van der Waals surface area contributed by atoms with Crippen LogP contribution in [0.15, 0.2) is 89.1 Å². The predicted molar refractivity (Wildman–Crippen MR) is 146 cm³/mol. The number of thiophene rings is 1. The number of carbonyl (C=O) groups is 3. The van der Waals surface area contributed by atoms with Gasteiger partial charge in [-0.2, -0.15) is 0 Å². The van der Waals surface area contributed by atoms with Gasteiger partial charge in [0.15, 0.2) is 0 Å². The van der Waals surface area contributed by atoms with Gasteiger partial charge in [-0.15, -0.1) is 23.1 Å². The molecule has 6 nitrogen and oxygen atoms in total. The SMILES string of the molecule is CCOC(=O)c1c(-c2ccccc2)csc1NC(=O)CSc1cccc(NC(=O)c2ccccc2F)c1. The van der Waals surface area contributed by atoms with Crippen LogP contribution in [0.3, 0.4) is 0 Å². The van der Waals surface area contributed by atoms with Crippen molar-refractivity contribution in [3.05, 3.63) is 101 Å². The molecule has 0 fully saturated rings. The molecule has 0 unspecified atom stereocenters. The van der Waals surface area contributed by atoms with Gasteiger partial charge in [0.1, 0.15) is 16.4 Å². The topological polar surface area (TPSA) is 84.5 Å². The molecule has 0 radical (unpaired) electrons. The van der Waals surface area contributed by atoms with Gasteiger partial charge in [-0.25, -0.2) is 9.18 Å². The van der Waals surface area contributed by atoms with Gasteiger partial charge in [0, 0.05) is 21.5 Å². The van der Waals surface area contributed by atoms with Crippen LogP contribution >= 0.6 is 23.1 Å². The van der Waals surface area contributed by atoms with E-state index in [0.29, 0.717) is 21.8 Å². The zero-order valence-corrected chi connectivity index (χ0v) is 21.5. The van der Waals surface area contributed by atoms with Crippen molar-refractivity contribution in [2.45, 2.75) is 11.8 Å². The summed E-state index contributed by atoms with van der Waals surface area (Å²) in [5.41, 5.74) is 2.31. The van der Waals surface area contributed by atoms with E-state index in [-0.39, 0.29) is 23.8 Å². The number of halogens is 1. The third kappa shape index (κ3) is 6.63. The standard InChI is InChI=1S/C28H23FN2O4S2/c1-2-35-28(34)25-22(18-9-4-3-5-10-18)16-37-27(25)31-24(32)17-36-20-12-8-11-19(15-20)30-26(33)21-13-6-7-14-23(21)29/h3-16H,2,17H2,1H3,(H,30,33)(H,31,32). The summed E-state index contributed by atoms with van der Waals surface area (Å²) in [6.07, 6.45) is 0. The number of carbonyl (C=O) groups excluding carboxylic acids is 3. The van der Waals surface area contributed by atoms with Gasteiger partial charge in [-0.3, -0.25) is 9.59 Å². The van der Waals surface area contributed by atoms with Crippen molar-refractivity contribution in [2.24, 2.45) is 0 Å². The third-order valence-corrected chi connectivity index (χ3v) is 7.08. The Kier molecular flexibility index (Phi) is 8.71. The number of thioether (sulfide) groups is 1. The van der Waals surface area contributed by atoms with Crippen molar-refractivity contribution in [3.63, 3.8) is 0 Å². The van der Waals surface area contributed by atoms with E-state index in [9.17, 15) is 18.8 Å². The number of hydrogen-bond donors (Lipinski definition) is 2. The Bertz CT molecular complexity index is 1420. The smallest absolute Gasteiger partial charge is 0.341 e. The lowest BCUT2D eigenvalue weighted by Gasteiger charge is -2.10. The number of rotatable bonds is 9. The lowest BCUT2D eigenvalue weighted by molar-refractivity contribution is -0.113. The maximum absolute atomic E-state index is 13.9. The van der Waals surface area contributed by atoms with E-state index in [2.05, 4.69) is 10.6 Å². The summed E-state index contributed by atoms with van der Waals surface area (Å²) in [6.45, 7) is 1.95. The first-order valence-electron chi connectivity index (χ1n) is 11.4. The number of benzene rings is 3. The van der Waals surface area contributed by atoms with Crippen LogP contribution in [-0.4, -0.2) is 30.1 Å². The summed E-state index contributed by atoms with van der Waals surface area (Å²) in [6, 6.07) is 22.1. The number of anilines is 2. The number of nitrogens with one attached hydrogen (secondary N) is 2. The molecule has 0 aliphatic carbocycles. The molecule has 0 saturated heterocycles. The molecule has 0 spiro atoms. The highest BCUT2D eigenvalue weighted by molar-refractivity contribution is 8.00. The molecule has 4 aromatic rings. The second kappa shape index (κ2) is 12.3. The zero-order valence-electron chi connectivity index (χ0n) is 19.8. The van der Waals surface area contributed by atoms with Gasteiger partial charge < -0.3 is 15.4 Å². The molecule has 1 heterocycles. The van der Waals surface area contributed by atoms with Crippen molar-refractivity contribution in [1.82, 2.24) is 0 Å². The van der Waals surface area contributed by atoms with Gasteiger partial charge in [0.05, 0.1) is 17.9 Å². The molecule has 37 heavy (non-hydrogen) atoms. The molecular formula is C28H23FN2O4S2. The van der Waals surface area contributed by atoms with E-state index in [1.54, 1.807) is 37.3 Å². The number of amides is 2. The Labute approximate surface area is 221 Å². The fraction of sp³-hybridized carbons (Fsp3) is 0.107. The molecule has 3 aromatic carbocycles. The van der Waals surface area contributed by atoms with Crippen LogP contribution in [0.2, 0.25) is 0 Å². The fourth-order valence-electron chi connectivity index (χ4n) is 3.50. The predicted octanol–water partition coefficient (Wildman–Crippen LogP) is 6.71. The molecule has 0 aliphatic rings. The Morgan fingerprint density at radius 2 is 1.70 bits per heavy atom. The molecule has 4 rings (SSSR count). The molecule has 2 amide bonds. The first-order chi connectivity index (χ1) is 18.0. The Balaban J connectivity index is 1.42. The molecule has 0 atom stereocenters. The van der Waals surface area contributed by atoms with Gasteiger partial charge in [-0.1, -0.05) is 48.5 Å².